The number of carbonyl (C=O) groups excluding carboxylic acids is 1. The first-order valence-electron chi connectivity index (χ1n) is 9.79. The zero-order valence-electron chi connectivity index (χ0n) is 16.7. The molecular weight excluding hydrogens is 406 g/mol. The van der Waals surface area contributed by atoms with Gasteiger partial charge >= 0.3 is 6.01 Å². The zero-order valence-corrected chi connectivity index (χ0v) is 16.7. The molecule has 0 radical (unpaired) electrons. The van der Waals surface area contributed by atoms with Crippen molar-refractivity contribution < 1.29 is 9.90 Å². The van der Waals surface area contributed by atoms with Crippen LogP contribution in [0, 0.1) is 0 Å². The van der Waals surface area contributed by atoms with E-state index in [-0.39, 0.29) is 17.9 Å². The number of aromatic hydroxyl groups is 1. The smallest absolute Gasteiger partial charge is 0.316 e. The molecule has 9 heteroatoms. The predicted octanol–water partition coefficient (Wildman–Crippen LogP) is 3.91. The molecule has 0 unspecified atom stereocenters. The SMILES string of the molecule is O=C(Nc1nc(Nc2nc(O)nc3ccccc23)n(-c2ccccc2)n1)c1ccccc1. The van der Waals surface area contributed by atoms with E-state index in [1.807, 2.05) is 54.6 Å². The maximum Gasteiger partial charge on any atom is 0.316 e. The zero-order chi connectivity index (χ0) is 21.9. The van der Waals surface area contributed by atoms with Gasteiger partial charge in [-0.15, -0.1) is 5.10 Å². The molecule has 0 spiro atoms. The van der Waals surface area contributed by atoms with Crippen molar-refractivity contribution in [2.75, 3.05) is 10.6 Å². The number of anilines is 3. The summed E-state index contributed by atoms with van der Waals surface area (Å²) in [7, 11) is 0. The number of rotatable bonds is 5. The summed E-state index contributed by atoms with van der Waals surface area (Å²) in [5.74, 6) is 0.460. The fraction of sp³-hybridized carbons (Fsp3) is 0. The lowest BCUT2D eigenvalue weighted by atomic mass is 10.2. The first-order valence-corrected chi connectivity index (χ1v) is 9.79. The Morgan fingerprint density at radius 2 is 1.50 bits per heavy atom. The fourth-order valence-electron chi connectivity index (χ4n) is 3.22. The van der Waals surface area contributed by atoms with Crippen molar-refractivity contribution in [3.8, 4) is 11.7 Å². The number of fused-ring (bicyclic) bond motifs is 1. The molecular formula is C23H17N7O2. The summed E-state index contributed by atoms with van der Waals surface area (Å²) >= 11 is 0. The lowest BCUT2D eigenvalue weighted by Gasteiger charge is -2.09. The quantitative estimate of drug-likeness (QED) is 0.392. The van der Waals surface area contributed by atoms with Crippen LogP contribution in [-0.2, 0) is 0 Å². The van der Waals surface area contributed by atoms with Crippen LogP contribution in [0.15, 0.2) is 84.9 Å². The second-order valence-corrected chi connectivity index (χ2v) is 6.84. The number of aromatic nitrogens is 5. The molecule has 3 N–H and O–H groups in total. The Morgan fingerprint density at radius 3 is 2.28 bits per heavy atom. The Morgan fingerprint density at radius 1 is 0.812 bits per heavy atom. The molecule has 1 amide bonds. The molecule has 9 nitrogen and oxygen atoms in total. The summed E-state index contributed by atoms with van der Waals surface area (Å²) in [6.45, 7) is 0. The standard InChI is InChI=1S/C23H17N7O2/c31-20(15-9-3-1-4-10-15)27-21-28-22(30(29-21)16-11-5-2-6-12-16)25-19-17-13-7-8-14-18(17)24-23(32)26-19/h1-14H,(H3,24,25,26,27,28,29,31,32). The summed E-state index contributed by atoms with van der Waals surface area (Å²) < 4.78 is 1.55. The van der Waals surface area contributed by atoms with Crippen LogP contribution >= 0.6 is 0 Å². The lowest BCUT2D eigenvalue weighted by molar-refractivity contribution is 0.102. The average molecular weight is 423 g/mol. The summed E-state index contributed by atoms with van der Waals surface area (Å²) in [5.41, 5.74) is 1.79. The maximum absolute atomic E-state index is 12.6. The number of hydrogen-bond acceptors (Lipinski definition) is 7. The van der Waals surface area contributed by atoms with Gasteiger partial charge in [-0.2, -0.15) is 19.6 Å². The number of benzene rings is 3. The van der Waals surface area contributed by atoms with E-state index < -0.39 is 0 Å². The highest BCUT2D eigenvalue weighted by Gasteiger charge is 2.17. The van der Waals surface area contributed by atoms with Crippen molar-refractivity contribution in [3.05, 3.63) is 90.5 Å². The first-order chi connectivity index (χ1) is 15.7. The Balaban J connectivity index is 1.55. The van der Waals surface area contributed by atoms with E-state index in [0.29, 0.717) is 28.2 Å². The van der Waals surface area contributed by atoms with E-state index in [0.717, 1.165) is 5.69 Å². The highest BCUT2D eigenvalue weighted by atomic mass is 16.3. The molecule has 2 aromatic heterocycles. The Hall–Kier alpha value is -4.79. The van der Waals surface area contributed by atoms with E-state index >= 15 is 0 Å². The van der Waals surface area contributed by atoms with Crippen molar-refractivity contribution in [2.24, 2.45) is 0 Å². The molecule has 0 bridgehead atoms. The number of para-hydroxylation sites is 2. The van der Waals surface area contributed by atoms with Crippen molar-refractivity contribution in [3.63, 3.8) is 0 Å². The van der Waals surface area contributed by atoms with Crippen LogP contribution in [0.5, 0.6) is 6.01 Å². The van der Waals surface area contributed by atoms with Crippen LogP contribution in [0.2, 0.25) is 0 Å². The third-order valence-corrected chi connectivity index (χ3v) is 4.69. The summed E-state index contributed by atoms with van der Waals surface area (Å²) in [5, 5.41) is 20.9. The van der Waals surface area contributed by atoms with Gasteiger partial charge in [-0.1, -0.05) is 48.5 Å². The van der Waals surface area contributed by atoms with Gasteiger partial charge in [0.25, 0.3) is 11.9 Å². The summed E-state index contributed by atoms with van der Waals surface area (Å²) in [6.07, 6.45) is 0. The normalized spacial score (nSPS) is 10.8. The minimum Gasteiger partial charge on any atom is -0.479 e. The molecule has 156 valence electrons. The summed E-state index contributed by atoms with van der Waals surface area (Å²) in [4.78, 5) is 25.2. The largest absolute Gasteiger partial charge is 0.479 e. The van der Waals surface area contributed by atoms with Crippen LogP contribution in [-0.4, -0.2) is 35.7 Å². The van der Waals surface area contributed by atoms with E-state index in [9.17, 15) is 9.90 Å². The topological polar surface area (TPSA) is 118 Å². The molecule has 0 aliphatic carbocycles. The van der Waals surface area contributed by atoms with Crippen molar-refractivity contribution in [1.29, 1.82) is 0 Å². The molecule has 5 aromatic rings. The van der Waals surface area contributed by atoms with Gasteiger partial charge in [-0.3, -0.25) is 10.1 Å². The fourth-order valence-corrected chi connectivity index (χ4v) is 3.22. The van der Waals surface area contributed by atoms with Crippen LogP contribution in [0.1, 0.15) is 10.4 Å². The molecule has 0 fully saturated rings. The number of amides is 1. The first kappa shape index (κ1) is 19.2. The number of hydrogen-bond donors (Lipinski definition) is 3. The monoisotopic (exact) mass is 423 g/mol. The van der Waals surface area contributed by atoms with Crippen LogP contribution < -0.4 is 10.6 Å². The molecule has 3 aromatic carbocycles. The van der Waals surface area contributed by atoms with Crippen LogP contribution in [0.4, 0.5) is 17.7 Å². The number of nitrogens with one attached hydrogen (secondary N) is 2. The van der Waals surface area contributed by atoms with E-state index in [4.69, 9.17) is 0 Å². The van der Waals surface area contributed by atoms with Crippen molar-refractivity contribution >= 4 is 34.5 Å². The second kappa shape index (κ2) is 8.15. The van der Waals surface area contributed by atoms with Gasteiger partial charge < -0.3 is 10.4 Å². The molecule has 2 heterocycles. The third-order valence-electron chi connectivity index (χ3n) is 4.69. The molecule has 32 heavy (non-hydrogen) atoms. The minimum atomic E-state index is -0.366. The Labute approximate surface area is 182 Å². The third kappa shape index (κ3) is 3.82. The Kier molecular flexibility index (Phi) is 4.89. The van der Waals surface area contributed by atoms with Gasteiger partial charge in [0.2, 0.25) is 5.95 Å². The average Bonchev–Trinajstić information content (AvgIpc) is 3.22. The van der Waals surface area contributed by atoms with E-state index in [1.165, 1.54) is 0 Å². The van der Waals surface area contributed by atoms with Crippen molar-refractivity contribution in [2.45, 2.75) is 0 Å². The highest BCUT2D eigenvalue weighted by Crippen LogP contribution is 2.26. The molecule has 0 saturated carbocycles. The van der Waals surface area contributed by atoms with Crippen LogP contribution in [0.25, 0.3) is 16.6 Å². The predicted molar refractivity (Wildman–Crippen MR) is 120 cm³/mol. The molecule has 0 aliphatic rings. The van der Waals surface area contributed by atoms with Crippen LogP contribution in [0.3, 0.4) is 0 Å². The van der Waals surface area contributed by atoms with Gasteiger partial charge in [0.1, 0.15) is 5.82 Å². The Bertz CT molecular complexity index is 1400. The lowest BCUT2D eigenvalue weighted by Crippen LogP contribution is -2.13. The van der Waals surface area contributed by atoms with Gasteiger partial charge in [0, 0.05) is 10.9 Å². The van der Waals surface area contributed by atoms with Gasteiger partial charge in [0.05, 0.1) is 11.2 Å². The van der Waals surface area contributed by atoms with Gasteiger partial charge in [-0.25, -0.2) is 0 Å². The highest BCUT2D eigenvalue weighted by molar-refractivity contribution is 6.03. The minimum absolute atomic E-state index is 0.118. The van der Waals surface area contributed by atoms with Crippen molar-refractivity contribution in [1.82, 2.24) is 24.7 Å². The summed E-state index contributed by atoms with van der Waals surface area (Å²) in [6, 6.07) is 25.1. The van der Waals surface area contributed by atoms with E-state index in [2.05, 4.69) is 30.7 Å². The molecule has 0 atom stereocenters. The van der Waals surface area contributed by atoms with Gasteiger partial charge in [0.15, 0.2) is 0 Å². The molecule has 0 saturated heterocycles. The second-order valence-electron chi connectivity index (χ2n) is 6.84. The maximum atomic E-state index is 12.6. The van der Waals surface area contributed by atoms with E-state index in [1.54, 1.807) is 35.0 Å². The van der Waals surface area contributed by atoms with Gasteiger partial charge in [-0.05, 0) is 36.4 Å². The number of carbonyl (C=O) groups is 1. The molecule has 5 rings (SSSR count). The number of nitrogens with zero attached hydrogens (tertiary/aromatic N) is 5. The molecule has 0 aliphatic heterocycles.